The lowest BCUT2D eigenvalue weighted by Crippen LogP contribution is -2.53. The highest BCUT2D eigenvalue weighted by Crippen LogP contribution is 2.27. The van der Waals surface area contributed by atoms with Crippen LogP contribution < -0.4 is 5.32 Å². The Hall–Kier alpha value is -2.57. The fourth-order valence-electron chi connectivity index (χ4n) is 2.93. The van der Waals surface area contributed by atoms with Gasteiger partial charge in [0.15, 0.2) is 0 Å². The number of nitrogens with one attached hydrogen (secondary N) is 1. The second kappa shape index (κ2) is 9.29. The van der Waals surface area contributed by atoms with Gasteiger partial charge in [0.25, 0.3) is 5.91 Å². The minimum Gasteiger partial charge on any atom is -0.444 e. The summed E-state index contributed by atoms with van der Waals surface area (Å²) >= 11 is 0. The fraction of sp³-hybridized carbons (Fsp3) is 0.591. The predicted molar refractivity (Wildman–Crippen MR) is 112 cm³/mol. The predicted octanol–water partition coefficient (Wildman–Crippen LogP) is 4.39. The Balaban J connectivity index is 3.20. The lowest BCUT2D eigenvalue weighted by molar-refractivity contribution is -0.126. The summed E-state index contributed by atoms with van der Waals surface area (Å²) in [5.74, 6) is -1.03. The molecule has 0 heterocycles. The fourth-order valence-corrected chi connectivity index (χ4v) is 2.93. The SMILES string of the molecule is Cc1ccccc1C(C)C(C(=O)NC(=O)OC(C)(C)C)N(C)C(=O)OC(C)(C)C. The second-order valence-electron chi connectivity index (χ2n) is 9.17. The molecule has 1 aromatic carbocycles. The van der Waals surface area contributed by atoms with Gasteiger partial charge in [-0.3, -0.25) is 15.0 Å². The van der Waals surface area contributed by atoms with Gasteiger partial charge in [-0.2, -0.15) is 0 Å². The first-order chi connectivity index (χ1) is 13.1. The first kappa shape index (κ1) is 24.5. The Labute approximate surface area is 173 Å². The molecular formula is C22H34N2O5. The van der Waals surface area contributed by atoms with E-state index in [9.17, 15) is 14.4 Å². The Bertz CT molecular complexity index is 746. The van der Waals surface area contributed by atoms with Gasteiger partial charge in [-0.05, 0) is 59.6 Å². The molecule has 1 aromatic rings. The third-order valence-electron chi connectivity index (χ3n) is 4.14. The number of carbonyl (C=O) groups excluding carboxylic acids is 3. The van der Waals surface area contributed by atoms with Crippen LogP contribution in [0.5, 0.6) is 0 Å². The standard InChI is InChI=1S/C22H34N2O5/c1-14-12-10-11-13-16(14)15(2)17(24(9)20(27)29-22(6,7)8)18(25)23-19(26)28-21(3,4)5/h10-13,15,17H,1-9H3,(H,23,25,26). The van der Waals surface area contributed by atoms with Crippen molar-refractivity contribution < 1.29 is 23.9 Å². The van der Waals surface area contributed by atoms with E-state index < -0.39 is 41.3 Å². The first-order valence-electron chi connectivity index (χ1n) is 9.67. The quantitative estimate of drug-likeness (QED) is 0.802. The van der Waals surface area contributed by atoms with Gasteiger partial charge in [0.2, 0.25) is 0 Å². The number of benzene rings is 1. The van der Waals surface area contributed by atoms with Crippen molar-refractivity contribution in [2.75, 3.05) is 7.05 Å². The lowest BCUT2D eigenvalue weighted by Gasteiger charge is -2.34. The van der Waals surface area contributed by atoms with Crippen molar-refractivity contribution in [2.45, 2.75) is 78.6 Å². The molecule has 0 saturated carbocycles. The van der Waals surface area contributed by atoms with E-state index in [0.717, 1.165) is 11.1 Å². The summed E-state index contributed by atoms with van der Waals surface area (Å²) in [4.78, 5) is 39.0. The number of ether oxygens (including phenoxy) is 2. The lowest BCUT2D eigenvalue weighted by atomic mass is 9.89. The Morgan fingerprint density at radius 2 is 1.48 bits per heavy atom. The molecule has 1 rings (SSSR count). The Morgan fingerprint density at radius 1 is 0.966 bits per heavy atom. The van der Waals surface area contributed by atoms with Crippen LogP contribution in [0, 0.1) is 6.92 Å². The Kier molecular flexibility index (Phi) is 7.83. The summed E-state index contributed by atoms with van der Waals surface area (Å²) in [5, 5.41) is 2.26. The molecule has 2 atom stereocenters. The highest BCUT2D eigenvalue weighted by Gasteiger charge is 2.37. The van der Waals surface area contributed by atoms with Crippen LogP contribution in [-0.2, 0) is 14.3 Å². The minimum absolute atomic E-state index is 0.392. The molecule has 1 N–H and O–H groups in total. The zero-order chi connectivity index (χ0) is 22.6. The maximum absolute atomic E-state index is 13.0. The highest BCUT2D eigenvalue weighted by atomic mass is 16.6. The van der Waals surface area contributed by atoms with Crippen molar-refractivity contribution in [2.24, 2.45) is 0 Å². The van der Waals surface area contributed by atoms with Crippen LogP contribution in [0.1, 0.15) is 65.5 Å². The normalized spacial score (nSPS) is 13.8. The third-order valence-corrected chi connectivity index (χ3v) is 4.14. The molecule has 29 heavy (non-hydrogen) atoms. The van der Waals surface area contributed by atoms with E-state index in [-0.39, 0.29) is 0 Å². The first-order valence-corrected chi connectivity index (χ1v) is 9.67. The van der Waals surface area contributed by atoms with Gasteiger partial charge in [-0.1, -0.05) is 31.2 Å². The van der Waals surface area contributed by atoms with Gasteiger partial charge in [0.1, 0.15) is 17.2 Å². The van der Waals surface area contributed by atoms with Crippen molar-refractivity contribution in [3.8, 4) is 0 Å². The second-order valence-corrected chi connectivity index (χ2v) is 9.17. The van der Waals surface area contributed by atoms with E-state index in [1.54, 1.807) is 41.5 Å². The van der Waals surface area contributed by atoms with E-state index in [2.05, 4.69) is 5.32 Å². The van der Waals surface area contributed by atoms with Crippen molar-refractivity contribution in [1.82, 2.24) is 10.2 Å². The van der Waals surface area contributed by atoms with E-state index in [4.69, 9.17) is 9.47 Å². The maximum Gasteiger partial charge on any atom is 0.414 e. The molecule has 0 aromatic heterocycles. The number of imide groups is 1. The number of rotatable bonds is 4. The van der Waals surface area contributed by atoms with E-state index in [0.29, 0.717) is 0 Å². The molecule has 0 spiro atoms. The smallest absolute Gasteiger partial charge is 0.414 e. The molecule has 7 nitrogen and oxygen atoms in total. The van der Waals surface area contributed by atoms with Crippen LogP contribution in [-0.4, -0.2) is 47.3 Å². The number of alkyl carbamates (subject to hydrolysis) is 1. The van der Waals surface area contributed by atoms with E-state index in [1.807, 2.05) is 38.1 Å². The minimum atomic E-state index is -0.974. The van der Waals surface area contributed by atoms with Gasteiger partial charge in [0, 0.05) is 13.0 Å². The number of hydrogen-bond donors (Lipinski definition) is 1. The number of carbonyl (C=O) groups is 3. The van der Waals surface area contributed by atoms with Crippen LogP contribution in [0.2, 0.25) is 0 Å². The molecule has 0 saturated heterocycles. The van der Waals surface area contributed by atoms with Crippen LogP contribution in [0.4, 0.5) is 9.59 Å². The van der Waals surface area contributed by atoms with Gasteiger partial charge in [-0.15, -0.1) is 0 Å². The molecule has 3 amide bonds. The molecule has 0 fully saturated rings. The van der Waals surface area contributed by atoms with Gasteiger partial charge in [0.05, 0.1) is 0 Å². The molecular weight excluding hydrogens is 372 g/mol. The van der Waals surface area contributed by atoms with Crippen molar-refractivity contribution in [1.29, 1.82) is 0 Å². The average Bonchev–Trinajstić information content (AvgIpc) is 2.51. The Morgan fingerprint density at radius 3 is 1.97 bits per heavy atom. The molecule has 2 unspecified atom stereocenters. The van der Waals surface area contributed by atoms with Gasteiger partial charge >= 0.3 is 12.2 Å². The van der Waals surface area contributed by atoms with Gasteiger partial charge < -0.3 is 9.47 Å². The molecule has 0 aliphatic carbocycles. The van der Waals surface area contributed by atoms with Crippen LogP contribution in [0.25, 0.3) is 0 Å². The summed E-state index contributed by atoms with van der Waals surface area (Å²) in [7, 11) is 1.49. The topological polar surface area (TPSA) is 84.9 Å². The zero-order valence-corrected chi connectivity index (χ0v) is 19.0. The highest BCUT2D eigenvalue weighted by molar-refractivity contribution is 5.97. The monoisotopic (exact) mass is 406 g/mol. The average molecular weight is 407 g/mol. The third kappa shape index (κ3) is 7.75. The maximum atomic E-state index is 13.0. The summed E-state index contributed by atoms with van der Waals surface area (Å²) in [6.07, 6.45) is -1.51. The summed E-state index contributed by atoms with van der Waals surface area (Å²) in [6, 6.07) is 6.63. The van der Waals surface area contributed by atoms with Crippen molar-refractivity contribution >= 4 is 18.1 Å². The molecule has 7 heteroatoms. The number of nitrogens with zero attached hydrogens (tertiary/aromatic N) is 1. The molecule has 0 bridgehead atoms. The molecule has 162 valence electrons. The van der Waals surface area contributed by atoms with Crippen LogP contribution in [0.3, 0.4) is 0 Å². The zero-order valence-electron chi connectivity index (χ0n) is 19.0. The molecule has 0 radical (unpaired) electrons. The number of amides is 3. The summed E-state index contributed by atoms with van der Waals surface area (Å²) < 4.78 is 10.6. The van der Waals surface area contributed by atoms with Crippen LogP contribution in [0.15, 0.2) is 24.3 Å². The van der Waals surface area contributed by atoms with Gasteiger partial charge in [-0.25, -0.2) is 9.59 Å². The van der Waals surface area contributed by atoms with E-state index >= 15 is 0 Å². The van der Waals surface area contributed by atoms with Crippen molar-refractivity contribution in [3.05, 3.63) is 35.4 Å². The number of likely N-dealkylation sites (N-methyl/N-ethyl adjacent to an activating group) is 1. The largest absolute Gasteiger partial charge is 0.444 e. The molecule has 0 aliphatic heterocycles. The van der Waals surface area contributed by atoms with E-state index in [1.165, 1.54) is 11.9 Å². The summed E-state index contributed by atoms with van der Waals surface area (Å²) in [5.41, 5.74) is 0.405. The van der Waals surface area contributed by atoms with Crippen LogP contribution >= 0.6 is 0 Å². The summed E-state index contributed by atoms with van der Waals surface area (Å²) in [6.45, 7) is 14.1. The number of aryl methyl sites for hydroxylation is 1. The molecule has 0 aliphatic rings. The number of hydrogen-bond acceptors (Lipinski definition) is 5. The van der Waals surface area contributed by atoms with Crippen molar-refractivity contribution in [3.63, 3.8) is 0 Å².